The molecule has 2 aliphatic heterocycles. The molecule has 2 fully saturated rings. The minimum absolute atomic E-state index is 0.221. The summed E-state index contributed by atoms with van der Waals surface area (Å²) in [6, 6.07) is 1.97. The van der Waals surface area contributed by atoms with Gasteiger partial charge in [-0.15, -0.1) is 0 Å². The summed E-state index contributed by atoms with van der Waals surface area (Å²) in [5, 5.41) is 0.720. The molecule has 0 N–H and O–H groups in total. The Bertz CT molecular complexity index is 529. The Hall–Kier alpha value is -1.21. The number of carbonyl (C=O) groups is 1. The number of hydrogen-bond acceptors (Lipinski definition) is 5. The molecule has 0 aromatic carbocycles. The second-order valence-corrected chi connectivity index (χ2v) is 6.42. The van der Waals surface area contributed by atoms with E-state index in [1.807, 2.05) is 11.0 Å². The fraction of sp³-hybridized carbons (Fsp3) is 0.625. The van der Waals surface area contributed by atoms with Crippen LogP contribution < -0.4 is 0 Å². The number of ether oxygens (including phenoxy) is 1. The zero-order valence-electron chi connectivity index (χ0n) is 13.3. The second-order valence-electron chi connectivity index (χ2n) is 6.01. The van der Waals surface area contributed by atoms with Crippen LogP contribution in [0.25, 0.3) is 0 Å². The van der Waals surface area contributed by atoms with Crippen molar-refractivity contribution in [1.82, 2.24) is 19.7 Å². The third-order valence-corrected chi connectivity index (χ3v) is 4.78. The number of halogens is 1. The molecule has 126 valence electrons. The van der Waals surface area contributed by atoms with Crippen molar-refractivity contribution in [3.05, 3.63) is 29.0 Å². The van der Waals surface area contributed by atoms with Crippen LogP contribution in [0.5, 0.6) is 0 Å². The van der Waals surface area contributed by atoms with Gasteiger partial charge in [-0.1, -0.05) is 11.6 Å². The van der Waals surface area contributed by atoms with Crippen molar-refractivity contribution in [2.24, 2.45) is 0 Å². The maximum atomic E-state index is 12.3. The minimum atomic E-state index is 0.221. The number of pyridine rings is 1. The van der Waals surface area contributed by atoms with Crippen molar-refractivity contribution in [1.29, 1.82) is 0 Å². The Balaban J connectivity index is 1.43. The standard InChI is InChI=1S/C16H23ClN4O2/c17-15-11-18-2-1-14(15)12-19-3-5-20(6-4-19)13-16(22)21-7-9-23-10-8-21/h1-2,11H,3-10,12-13H2. The molecule has 0 unspecified atom stereocenters. The van der Waals surface area contributed by atoms with E-state index in [1.54, 1.807) is 12.4 Å². The third-order valence-electron chi connectivity index (χ3n) is 4.44. The zero-order chi connectivity index (χ0) is 16.1. The summed E-state index contributed by atoms with van der Waals surface area (Å²) in [5.74, 6) is 0.221. The highest BCUT2D eigenvalue weighted by atomic mass is 35.5. The molecule has 3 rings (SSSR count). The molecule has 6 nitrogen and oxygen atoms in total. The maximum absolute atomic E-state index is 12.3. The molecule has 1 amide bonds. The minimum Gasteiger partial charge on any atom is -0.378 e. The molecule has 0 bridgehead atoms. The molecule has 0 atom stereocenters. The Morgan fingerprint density at radius 3 is 2.52 bits per heavy atom. The van der Waals surface area contributed by atoms with Crippen molar-refractivity contribution in [2.75, 3.05) is 59.0 Å². The first-order valence-electron chi connectivity index (χ1n) is 8.11. The molecule has 2 saturated heterocycles. The summed E-state index contributed by atoms with van der Waals surface area (Å²) < 4.78 is 5.29. The predicted octanol–water partition coefficient (Wildman–Crippen LogP) is 0.711. The summed E-state index contributed by atoms with van der Waals surface area (Å²) in [4.78, 5) is 22.8. The fourth-order valence-corrected chi connectivity index (χ4v) is 3.16. The molecule has 1 aromatic rings. The number of morpholine rings is 1. The monoisotopic (exact) mass is 338 g/mol. The Morgan fingerprint density at radius 2 is 1.83 bits per heavy atom. The van der Waals surface area contributed by atoms with Gasteiger partial charge in [0.25, 0.3) is 0 Å². The summed E-state index contributed by atoms with van der Waals surface area (Å²) in [6.07, 6.45) is 3.46. The summed E-state index contributed by atoms with van der Waals surface area (Å²) in [6.45, 7) is 7.86. The quantitative estimate of drug-likeness (QED) is 0.809. The number of nitrogens with zero attached hydrogens (tertiary/aromatic N) is 4. The maximum Gasteiger partial charge on any atom is 0.236 e. The van der Waals surface area contributed by atoms with Crippen molar-refractivity contribution >= 4 is 17.5 Å². The van der Waals surface area contributed by atoms with E-state index in [1.165, 1.54) is 0 Å². The van der Waals surface area contributed by atoms with E-state index in [0.29, 0.717) is 19.8 Å². The van der Waals surface area contributed by atoms with Crippen LogP contribution in [0.15, 0.2) is 18.5 Å². The Morgan fingerprint density at radius 1 is 1.13 bits per heavy atom. The van der Waals surface area contributed by atoms with E-state index in [4.69, 9.17) is 16.3 Å². The SMILES string of the molecule is O=C(CN1CCN(Cc2ccncc2Cl)CC1)N1CCOCC1. The number of amides is 1. The third kappa shape index (κ3) is 4.64. The lowest BCUT2D eigenvalue weighted by Gasteiger charge is -2.36. The number of hydrogen-bond donors (Lipinski definition) is 0. The molecule has 0 spiro atoms. The molecular formula is C16H23ClN4O2. The van der Waals surface area contributed by atoms with Gasteiger partial charge in [-0.3, -0.25) is 19.6 Å². The fourth-order valence-electron chi connectivity index (χ4n) is 2.98. The molecule has 7 heteroatoms. The number of carbonyl (C=O) groups excluding carboxylic acids is 1. The smallest absolute Gasteiger partial charge is 0.236 e. The van der Waals surface area contributed by atoms with Gasteiger partial charge in [-0.2, -0.15) is 0 Å². The van der Waals surface area contributed by atoms with Crippen molar-refractivity contribution in [3.8, 4) is 0 Å². The van der Waals surface area contributed by atoms with Gasteiger partial charge in [-0.25, -0.2) is 0 Å². The van der Waals surface area contributed by atoms with Crippen LogP contribution in [0.4, 0.5) is 0 Å². The van der Waals surface area contributed by atoms with Gasteiger partial charge in [0.05, 0.1) is 24.8 Å². The van der Waals surface area contributed by atoms with Crippen molar-refractivity contribution < 1.29 is 9.53 Å². The average Bonchev–Trinajstić information content (AvgIpc) is 2.59. The van der Waals surface area contributed by atoms with Crippen LogP contribution in [-0.4, -0.2) is 84.6 Å². The first kappa shape index (κ1) is 16.6. The van der Waals surface area contributed by atoms with Crippen LogP contribution in [0.1, 0.15) is 5.56 Å². The second kappa shape index (κ2) is 8.06. The average molecular weight is 339 g/mol. The predicted molar refractivity (Wildman–Crippen MR) is 88.4 cm³/mol. The number of rotatable bonds is 4. The summed E-state index contributed by atoms with van der Waals surface area (Å²) >= 11 is 6.17. The van der Waals surface area contributed by atoms with E-state index in [0.717, 1.165) is 56.4 Å². The topological polar surface area (TPSA) is 48.9 Å². The summed E-state index contributed by atoms with van der Waals surface area (Å²) in [7, 11) is 0. The van der Waals surface area contributed by atoms with E-state index in [2.05, 4.69) is 14.8 Å². The van der Waals surface area contributed by atoms with E-state index < -0.39 is 0 Å². The largest absolute Gasteiger partial charge is 0.378 e. The van der Waals surface area contributed by atoms with Crippen LogP contribution in [0.2, 0.25) is 5.02 Å². The van der Waals surface area contributed by atoms with Crippen LogP contribution >= 0.6 is 11.6 Å². The number of aromatic nitrogens is 1. The molecule has 1 aromatic heterocycles. The molecule has 3 heterocycles. The van der Waals surface area contributed by atoms with Gasteiger partial charge in [-0.05, 0) is 11.6 Å². The van der Waals surface area contributed by atoms with Gasteiger partial charge >= 0.3 is 0 Å². The summed E-state index contributed by atoms with van der Waals surface area (Å²) in [5.41, 5.74) is 1.11. The van der Waals surface area contributed by atoms with Gasteiger partial charge in [0.1, 0.15) is 0 Å². The molecule has 0 saturated carbocycles. The number of piperazine rings is 1. The molecular weight excluding hydrogens is 316 g/mol. The Labute approximate surface area is 142 Å². The van der Waals surface area contributed by atoms with Crippen molar-refractivity contribution in [2.45, 2.75) is 6.54 Å². The zero-order valence-corrected chi connectivity index (χ0v) is 14.0. The van der Waals surface area contributed by atoms with Crippen LogP contribution in [0, 0.1) is 0 Å². The van der Waals surface area contributed by atoms with E-state index in [9.17, 15) is 4.79 Å². The van der Waals surface area contributed by atoms with E-state index >= 15 is 0 Å². The highest BCUT2D eigenvalue weighted by molar-refractivity contribution is 6.31. The lowest BCUT2D eigenvalue weighted by Crippen LogP contribution is -2.51. The molecule has 2 aliphatic rings. The Kier molecular flexibility index (Phi) is 5.83. The molecule has 23 heavy (non-hydrogen) atoms. The van der Waals surface area contributed by atoms with Gasteiger partial charge in [0.2, 0.25) is 5.91 Å². The van der Waals surface area contributed by atoms with Gasteiger partial charge in [0.15, 0.2) is 0 Å². The molecule has 0 radical (unpaired) electrons. The van der Waals surface area contributed by atoms with Gasteiger partial charge in [0, 0.05) is 58.2 Å². The van der Waals surface area contributed by atoms with Crippen LogP contribution in [0.3, 0.4) is 0 Å². The lowest BCUT2D eigenvalue weighted by molar-refractivity contribution is -0.136. The normalized spacial score (nSPS) is 20.7. The first-order chi connectivity index (χ1) is 11.2. The van der Waals surface area contributed by atoms with Gasteiger partial charge < -0.3 is 9.64 Å². The van der Waals surface area contributed by atoms with Crippen LogP contribution in [-0.2, 0) is 16.1 Å². The van der Waals surface area contributed by atoms with Crippen molar-refractivity contribution in [3.63, 3.8) is 0 Å². The molecule has 0 aliphatic carbocycles. The highest BCUT2D eigenvalue weighted by Gasteiger charge is 2.23. The first-order valence-corrected chi connectivity index (χ1v) is 8.49. The lowest BCUT2D eigenvalue weighted by atomic mass is 10.2. The van der Waals surface area contributed by atoms with E-state index in [-0.39, 0.29) is 5.91 Å². The highest BCUT2D eigenvalue weighted by Crippen LogP contribution is 2.16.